The zero-order chi connectivity index (χ0) is 18.4. The standard InChI is InChI=1S/C16H14BrCl2N3O2S/c1-23-14-4-10(7-21-22-16(20)25)12(17)6-15(14)24-8-9-2-3-11(18)5-13(9)19/h2-7H,8H2,1H3,(H3,20,22,25)/b21-7+. The molecular weight excluding hydrogens is 449 g/mol. The van der Waals surface area contributed by atoms with Crippen molar-refractivity contribution >= 4 is 62.7 Å². The molecular formula is C16H14BrCl2N3O2S. The van der Waals surface area contributed by atoms with Gasteiger partial charge in [0.1, 0.15) is 6.61 Å². The van der Waals surface area contributed by atoms with Gasteiger partial charge in [-0.25, -0.2) is 0 Å². The molecule has 0 aliphatic heterocycles. The Hall–Kier alpha value is -1.54. The van der Waals surface area contributed by atoms with E-state index in [0.29, 0.717) is 21.5 Å². The highest BCUT2D eigenvalue weighted by atomic mass is 79.9. The van der Waals surface area contributed by atoms with E-state index in [0.717, 1.165) is 15.6 Å². The van der Waals surface area contributed by atoms with Crippen molar-refractivity contribution in [2.75, 3.05) is 7.11 Å². The van der Waals surface area contributed by atoms with Gasteiger partial charge in [-0.1, -0.05) is 29.3 Å². The van der Waals surface area contributed by atoms with E-state index in [1.165, 1.54) is 0 Å². The van der Waals surface area contributed by atoms with Crippen LogP contribution in [0.5, 0.6) is 11.5 Å². The third-order valence-electron chi connectivity index (χ3n) is 3.06. The maximum atomic E-state index is 6.16. The summed E-state index contributed by atoms with van der Waals surface area (Å²) in [6.07, 6.45) is 1.56. The summed E-state index contributed by atoms with van der Waals surface area (Å²) in [5.74, 6) is 1.10. The van der Waals surface area contributed by atoms with Crippen molar-refractivity contribution in [1.29, 1.82) is 0 Å². The van der Waals surface area contributed by atoms with Crippen LogP contribution in [0.15, 0.2) is 39.9 Å². The van der Waals surface area contributed by atoms with Crippen molar-refractivity contribution < 1.29 is 9.47 Å². The van der Waals surface area contributed by atoms with Gasteiger partial charge in [0.25, 0.3) is 0 Å². The molecule has 0 atom stereocenters. The molecule has 132 valence electrons. The van der Waals surface area contributed by atoms with E-state index in [1.807, 2.05) is 6.07 Å². The quantitative estimate of drug-likeness (QED) is 0.375. The van der Waals surface area contributed by atoms with Crippen molar-refractivity contribution in [3.8, 4) is 11.5 Å². The minimum absolute atomic E-state index is 0.0825. The maximum absolute atomic E-state index is 6.16. The topological polar surface area (TPSA) is 68.9 Å². The highest BCUT2D eigenvalue weighted by Gasteiger charge is 2.11. The largest absolute Gasteiger partial charge is 0.493 e. The SMILES string of the molecule is COc1cc(/C=N/NC(N)=S)c(Br)cc1OCc1ccc(Cl)cc1Cl. The van der Waals surface area contributed by atoms with Crippen LogP contribution >= 0.6 is 51.3 Å². The number of rotatable bonds is 6. The fourth-order valence-corrected chi connectivity index (χ4v) is 2.82. The molecule has 0 saturated carbocycles. The Balaban J connectivity index is 2.19. The molecule has 0 unspecified atom stereocenters. The zero-order valence-electron chi connectivity index (χ0n) is 13.1. The van der Waals surface area contributed by atoms with Crippen LogP contribution in [0.3, 0.4) is 0 Å². The molecule has 0 aliphatic rings. The lowest BCUT2D eigenvalue weighted by atomic mass is 10.2. The van der Waals surface area contributed by atoms with Crippen molar-refractivity contribution in [2.24, 2.45) is 10.8 Å². The van der Waals surface area contributed by atoms with Gasteiger partial charge in [0.05, 0.1) is 13.3 Å². The summed E-state index contributed by atoms with van der Waals surface area (Å²) in [6, 6.07) is 8.80. The molecule has 3 N–H and O–H groups in total. The van der Waals surface area contributed by atoms with Gasteiger partial charge in [-0.3, -0.25) is 5.43 Å². The molecule has 2 rings (SSSR count). The van der Waals surface area contributed by atoms with Crippen LogP contribution in [0.2, 0.25) is 10.0 Å². The number of ether oxygens (including phenoxy) is 2. The summed E-state index contributed by atoms with van der Waals surface area (Å²) >= 11 is 20.2. The van der Waals surface area contributed by atoms with E-state index in [-0.39, 0.29) is 11.7 Å². The summed E-state index contributed by atoms with van der Waals surface area (Å²) in [5, 5.41) is 5.12. The number of benzene rings is 2. The molecule has 25 heavy (non-hydrogen) atoms. The average Bonchev–Trinajstić information content (AvgIpc) is 2.55. The number of halogens is 3. The summed E-state index contributed by atoms with van der Waals surface area (Å²) in [5.41, 5.74) is 9.39. The van der Waals surface area contributed by atoms with Crippen LogP contribution in [0.1, 0.15) is 11.1 Å². The number of nitrogens with two attached hydrogens (primary N) is 1. The van der Waals surface area contributed by atoms with Crippen LogP contribution in [-0.4, -0.2) is 18.4 Å². The summed E-state index contributed by atoms with van der Waals surface area (Å²) < 4.78 is 12.0. The van der Waals surface area contributed by atoms with E-state index in [2.05, 4.69) is 26.5 Å². The summed E-state index contributed by atoms with van der Waals surface area (Å²) in [6.45, 7) is 0.273. The van der Waals surface area contributed by atoms with Crippen LogP contribution in [0.25, 0.3) is 0 Å². The molecule has 0 spiro atoms. The van der Waals surface area contributed by atoms with E-state index in [9.17, 15) is 0 Å². The highest BCUT2D eigenvalue weighted by molar-refractivity contribution is 9.10. The maximum Gasteiger partial charge on any atom is 0.184 e. The smallest absolute Gasteiger partial charge is 0.184 e. The van der Waals surface area contributed by atoms with Crippen molar-refractivity contribution in [3.63, 3.8) is 0 Å². The normalized spacial score (nSPS) is 10.7. The average molecular weight is 463 g/mol. The number of thiocarbonyl (C=S) groups is 1. The van der Waals surface area contributed by atoms with Crippen LogP contribution in [-0.2, 0) is 6.61 Å². The van der Waals surface area contributed by atoms with Crippen LogP contribution < -0.4 is 20.6 Å². The Morgan fingerprint density at radius 1 is 1.32 bits per heavy atom. The second-order valence-corrected chi connectivity index (χ2v) is 6.92. The number of hydrogen-bond donors (Lipinski definition) is 2. The Morgan fingerprint density at radius 2 is 2.08 bits per heavy atom. The lowest BCUT2D eigenvalue weighted by Crippen LogP contribution is -2.24. The summed E-state index contributed by atoms with van der Waals surface area (Å²) in [4.78, 5) is 0. The predicted molar refractivity (Wildman–Crippen MR) is 109 cm³/mol. The molecule has 0 aliphatic carbocycles. The molecule has 0 heterocycles. The molecule has 0 fully saturated rings. The van der Waals surface area contributed by atoms with Gasteiger partial charge in [0, 0.05) is 25.6 Å². The van der Waals surface area contributed by atoms with Gasteiger partial charge < -0.3 is 15.2 Å². The fraction of sp³-hybridized carbons (Fsp3) is 0.125. The van der Waals surface area contributed by atoms with Gasteiger partial charge in [-0.2, -0.15) is 5.10 Å². The Bertz CT molecular complexity index is 818. The number of nitrogens with zero attached hydrogens (tertiary/aromatic N) is 1. The van der Waals surface area contributed by atoms with Gasteiger partial charge in [-0.05, 0) is 52.4 Å². The van der Waals surface area contributed by atoms with Crippen LogP contribution in [0.4, 0.5) is 0 Å². The van der Waals surface area contributed by atoms with Gasteiger partial charge in [0.2, 0.25) is 0 Å². The molecule has 0 bridgehead atoms. The first-order valence-corrected chi connectivity index (χ1v) is 8.89. The minimum Gasteiger partial charge on any atom is -0.493 e. The highest BCUT2D eigenvalue weighted by Crippen LogP contribution is 2.34. The van der Waals surface area contributed by atoms with E-state index in [1.54, 1.807) is 37.6 Å². The predicted octanol–water partition coefficient (Wildman–Crippen LogP) is 4.51. The van der Waals surface area contributed by atoms with Crippen molar-refractivity contribution in [3.05, 3.63) is 56.0 Å². The third-order valence-corrected chi connectivity index (χ3v) is 4.42. The number of hydrazone groups is 1. The lowest BCUT2D eigenvalue weighted by Gasteiger charge is -2.13. The second kappa shape index (κ2) is 9.24. The van der Waals surface area contributed by atoms with Crippen molar-refractivity contribution in [2.45, 2.75) is 6.61 Å². The zero-order valence-corrected chi connectivity index (χ0v) is 17.0. The molecule has 0 aromatic heterocycles. The first-order chi connectivity index (χ1) is 11.9. The summed E-state index contributed by atoms with van der Waals surface area (Å²) in [7, 11) is 1.56. The first-order valence-electron chi connectivity index (χ1n) is 6.93. The van der Waals surface area contributed by atoms with Gasteiger partial charge in [-0.15, -0.1) is 0 Å². The molecule has 9 heteroatoms. The Morgan fingerprint density at radius 3 is 2.72 bits per heavy atom. The molecule has 0 amide bonds. The van der Waals surface area contributed by atoms with Gasteiger partial charge in [0.15, 0.2) is 16.6 Å². The third kappa shape index (κ3) is 5.74. The second-order valence-electron chi connectivity index (χ2n) is 4.78. The fourth-order valence-electron chi connectivity index (χ4n) is 1.88. The van der Waals surface area contributed by atoms with Gasteiger partial charge >= 0.3 is 0 Å². The Kier molecular flexibility index (Phi) is 7.31. The van der Waals surface area contributed by atoms with E-state index < -0.39 is 0 Å². The molecule has 0 radical (unpaired) electrons. The monoisotopic (exact) mass is 461 g/mol. The minimum atomic E-state index is 0.0825. The molecule has 2 aromatic rings. The number of methoxy groups -OCH3 is 1. The molecule has 0 saturated heterocycles. The van der Waals surface area contributed by atoms with E-state index >= 15 is 0 Å². The number of hydrogen-bond acceptors (Lipinski definition) is 4. The molecule has 2 aromatic carbocycles. The lowest BCUT2D eigenvalue weighted by molar-refractivity contribution is 0.284. The number of nitrogens with one attached hydrogen (secondary N) is 1. The Labute approximate surface area is 169 Å². The van der Waals surface area contributed by atoms with Crippen LogP contribution in [0, 0.1) is 0 Å². The van der Waals surface area contributed by atoms with Crippen molar-refractivity contribution in [1.82, 2.24) is 5.43 Å². The van der Waals surface area contributed by atoms with E-state index in [4.69, 9.17) is 50.6 Å². The molecule has 5 nitrogen and oxygen atoms in total. The first kappa shape index (κ1) is 19.8.